The molecule has 3 heterocycles. The molecule has 0 amide bonds. The minimum absolute atomic E-state index is 0.245. The summed E-state index contributed by atoms with van der Waals surface area (Å²) in [4.78, 5) is 5.36. The number of hydrogen-bond acceptors (Lipinski definition) is 8. The molecule has 1 saturated heterocycles. The van der Waals surface area contributed by atoms with Crippen molar-refractivity contribution in [3.63, 3.8) is 0 Å². The number of hydrogen-bond donors (Lipinski definition) is 2. The second-order valence-corrected chi connectivity index (χ2v) is 9.49. The first-order chi connectivity index (χ1) is 11.9. The normalized spacial score (nSPS) is 18.5. The Morgan fingerprint density at radius 3 is 2.76 bits per heavy atom. The first kappa shape index (κ1) is 18.4. The highest BCUT2D eigenvalue weighted by Gasteiger charge is 2.21. The standard InChI is InChI=1S/C14H23N7O2S2/c1-11(10-21-7-5-20(2)6-8-21)9-15-25(22,23)13-4-3-12(24-13)14-16-18-19-17-14/h3-4,11,15H,5-10H2,1-2H3,(H,16,17,18,19). The smallest absolute Gasteiger partial charge is 0.250 e. The molecule has 1 unspecified atom stereocenters. The zero-order valence-corrected chi connectivity index (χ0v) is 16.0. The lowest BCUT2D eigenvalue weighted by molar-refractivity contribution is 0.139. The summed E-state index contributed by atoms with van der Waals surface area (Å²) in [6, 6.07) is 3.27. The summed E-state index contributed by atoms with van der Waals surface area (Å²) < 4.78 is 27.9. The van der Waals surface area contributed by atoms with Gasteiger partial charge in [-0.2, -0.15) is 5.21 Å². The second kappa shape index (κ2) is 7.87. The van der Waals surface area contributed by atoms with Gasteiger partial charge in [-0.1, -0.05) is 6.92 Å². The molecule has 25 heavy (non-hydrogen) atoms. The lowest BCUT2D eigenvalue weighted by atomic mass is 10.1. The highest BCUT2D eigenvalue weighted by atomic mass is 32.2. The molecule has 3 rings (SSSR count). The fourth-order valence-corrected chi connectivity index (χ4v) is 5.15. The van der Waals surface area contributed by atoms with Crippen LogP contribution < -0.4 is 4.72 Å². The van der Waals surface area contributed by atoms with Crippen LogP contribution in [-0.2, 0) is 10.0 Å². The van der Waals surface area contributed by atoms with Crippen molar-refractivity contribution in [2.45, 2.75) is 11.1 Å². The van der Waals surface area contributed by atoms with Crippen molar-refractivity contribution in [2.24, 2.45) is 5.92 Å². The third-order valence-corrected chi connectivity index (χ3v) is 7.20. The third-order valence-electron chi connectivity index (χ3n) is 4.20. The van der Waals surface area contributed by atoms with Gasteiger partial charge in [0.15, 0.2) is 0 Å². The van der Waals surface area contributed by atoms with E-state index in [4.69, 9.17) is 0 Å². The SMILES string of the molecule is CC(CNS(=O)(=O)c1ccc(-c2nn[nH]n2)s1)CN1CCN(C)CC1. The van der Waals surface area contributed by atoms with Crippen LogP contribution in [-0.4, -0.2) is 85.2 Å². The van der Waals surface area contributed by atoms with Crippen LogP contribution in [0.3, 0.4) is 0 Å². The number of nitrogens with zero attached hydrogens (tertiary/aromatic N) is 5. The van der Waals surface area contributed by atoms with Gasteiger partial charge in [-0.25, -0.2) is 13.1 Å². The van der Waals surface area contributed by atoms with Gasteiger partial charge in [-0.15, -0.1) is 21.5 Å². The van der Waals surface area contributed by atoms with Gasteiger partial charge in [0.25, 0.3) is 0 Å². The molecule has 0 radical (unpaired) electrons. The van der Waals surface area contributed by atoms with E-state index in [0.29, 0.717) is 17.2 Å². The van der Waals surface area contributed by atoms with Crippen LogP contribution in [0.2, 0.25) is 0 Å². The minimum atomic E-state index is -3.52. The van der Waals surface area contributed by atoms with E-state index in [0.717, 1.165) is 44.1 Å². The molecule has 1 atom stereocenters. The number of tetrazole rings is 1. The Morgan fingerprint density at radius 2 is 2.08 bits per heavy atom. The number of H-pyrrole nitrogens is 1. The Kier molecular flexibility index (Phi) is 5.79. The highest BCUT2D eigenvalue weighted by molar-refractivity contribution is 7.91. The number of likely N-dealkylation sites (N-methyl/N-ethyl adjacent to an activating group) is 1. The summed E-state index contributed by atoms with van der Waals surface area (Å²) in [6.45, 7) is 7.58. The molecular formula is C14H23N7O2S2. The molecule has 1 aliphatic rings. The predicted octanol–water partition coefficient (Wildman–Crippen LogP) is 0.0900. The van der Waals surface area contributed by atoms with Gasteiger partial charge < -0.3 is 9.80 Å². The van der Waals surface area contributed by atoms with Crippen molar-refractivity contribution in [1.82, 2.24) is 35.1 Å². The molecule has 0 aromatic carbocycles. The second-order valence-electron chi connectivity index (χ2n) is 6.42. The van der Waals surface area contributed by atoms with Crippen molar-refractivity contribution in [2.75, 3.05) is 46.3 Å². The van der Waals surface area contributed by atoms with Gasteiger partial charge in [-0.3, -0.25) is 0 Å². The zero-order chi connectivity index (χ0) is 17.9. The number of thiophene rings is 1. The van der Waals surface area contributed by atoms with Crippen LogP contribution in [0.1, 0.15) is 6.92 Å². The van der Waals surface area contributed by atoms with E-state index in [1.54, 1.807) is 12.1 Å². The zero-order valence-electron chi connectivity index (χ0n) is 14.3. The van der Waals surface area contributed by atoms with Crippen molar-refractivity contribution in [1.29, 1.82) is 0 Å². The van der Waals surface area contributed by atoms with Crippen molar-refractivity contribution in [3.8, 4) is 10.7 Å². The monoisotopic (exact) mass is 385 g/mol. The van der Waals surface area contributed by atoms with Crippen LogP contribution in [0.15, 0.2) is 16.3 Å². The number of sulfonamides is 1. The Balaban J connectivity index is 1.53. The van der Waals surface area contributed by atoms with Gasteiger partial charge in [0.2, 0.25) is 15.8 Å². The van der Waals surface area contributed by atoms with Gasteiger partial charge in [0.1, 0.15) is 4.21 Å². The molecular weight excluding hydrogens is 362 g/mol. The molecule has 9 nitrogen and oxygen atoms in total. The molecule has 138 valence electrons. The van der Waals surface area contributed by atoms with E-state index >= 15 is 0 Å². The van der Waals surface area contributed by atoms with E-state index in [-0.39, 0.29) is 10.1 Å². The maximum Gasteiger partial charge on any atom is 0.250 e. The van der Waals surface area contributed by atoms with Crippen LogP contribution in [0, 0.1) is 5.92 Å². The van der Waals surface area contributed by atoms with Crippen molar-refractivity contribution >= 4 is 21.4 Å². The van der Waals surface area contributed by atoms with Gasteiger partial charge >= 0.3 is 0 Å². The van der Waals surface area contributed by atoms with Gasteiger partial charge in [0.05, 0.1) is 4.88 Å². The van der Waals surface area contributed by atoms with E-state index in [1.807, 2.05) is 0 Å². The van der Waals surface area contributed by atoms with Crippen molar-refractivity contribution < 1.29 is 8.42 Å². The highest BCUT2D eigenvalue weighted by Crippen LogP contribution is 2.27. The number of aromatic nitrogens is 4. The summed E-state index contributed by atoms with van der Waals surface area (Å²) in [5.74, 6) is 0.643. The molecule has 0 spiro atoms. The van der Waals surface area contributed by atoms with Crippen LogP contribution in [0.5, 0.6) is 0 Å². The van der Waals surface area contributed by atoms with Gasteiger partial charge in [-0.05, 0) is 30.3 Å². The fraction of sp³-hybridized carbons (Fsp3) is 0.643. The van der Waals surface area contributed by atoms with E-state index in [9.17, 15) is 8.42 Å². The average molecular weight is 386 g/mol. The third kappa shape index (κ3) is 4.82. The molecule has 2 N–H and O–H groups in total. The first-order valence-corrected chi connectivity index (χ1v) is 10.5. The summed E-state index contributed by atoms with van der Waals surface area (Å²) in [5.41, 5.74) is 0. The number of rotatable bonds is 7. The maximum atomic E-state index is 12.5. The number of nitrogens with one attached hydrogen (secondary N) is 2. The molecule has 1 aliphatic heterocycles. The predicted molar refractivity (Wildman–Crippen MR) is 95.8 cm³/mol. The molecule has 0 saturated carbocycles. The fourth-order valence-electron chi connectivity index (χ4n) is 2.71. The lowest BCUT2D eigenvalue weighted by Gasteiger charge is -2.33. The summed E-state index contributed by atoms with van der Waals surface area (Å²) >= 11 is 1.13. The topological polar surface area (TPSA) is 107 Å². The van der Waals surface area contributed by atoms with Crippen LogP contribution in [0.25, 0.3) is 10.7 Å². The van der Waals surface area contributed by atoms with Crippen molar-refractivity contribution in [3.05, 3.63) is 12.1 Å². The Bertz CT molecular complexity index is 767. The molecule has 0 bridgehead atoms. The first-order valence-electron chi connectivity index (χ1n) is 8.18. The summed E-state index contributed by atoms with van der Waals surface area (Å²) in [5, 5.41) is 13.6. The quantitative estimate of drug-likeness (QED) is 0.695. The van der Waals surface area contributed by atoms with Crippen LogP contribution in [0.4, 0.5) is 0 Å². The number of aromatic amines is 1. The molecule has 11 heteroatoms. The Labute approximate surface area is 151 Å². The van der Waals surface area contributed by atoms with Gasteiger partial charge in [0, 0.05) is 39.3 Å². The Morgan fingerprint density at radius 1 is 1.32 bits per heavy atom. The minimum Gasteiger partial charge on any atom is -0.304 e. The summed E-state index contributed by atoms with van der Waals surface area (Å²) in [6.07, 6.45) is 0. The largest absolute Gasteiger partial charge is 0.304 e. The van der Waals surface area contributed by atoms with E-state index in [1.165, 1.54) is 0 Å². The number of piperazine rings is 1. The van der Waals surface area contributed by atoms with E-state index < -0.39 is 10.0 Å². The molecule has 0 aliphatic carbocycles. The molecule has 1 fully saturated rings. The summed E-state index contributed by atoms with van der Waals surface area (Å²) in [7, 11) is -1.40. The Hall–Kier alpha value is -1.40. The molecule has 2 aromatic heterocycles. The maximum absolute atomic E-state index is 12.5. The average Bonchev–Trinajstić information content (AvgIpc) is 3.26. The van der Waals surface area contributed by atoms with E-state index in [2.05, 4.69) is 49.1 Å². The molecule has 2 aromatic rings. The van der Waals surface area contributed by atoms with Crippen LogP contribution >= 0.6 is 11.3 Å². The lowest BCUT2D eigenvalue weighted by Crippen LogP contribution is -2.46.